The fourth-order valence-corrected chi connectivity index (χ4v) is 3.73. The number of hydrogen-bond donors (Lipinski definition) is 1. The van der Waals surface area contributed by atoms with Gasteiger partial charge in [-0.15, -0.1) is 11.3 Å². The van der Waals surface area contributed by atoms with Crippen LogP contribution in [0.25, 0.3) is 10.6 Å². The maximum Gasteiger partial charge on any atom is 0.274 e. The highest BCUT2D eigenvalue weighted by Crippen LogP contribution is 2.25. The maximum atomic E-state index is 14.2. The Morgan fingerprint density at radius 1 is 1.48 bits per heavy atom. The van der Waals surface area contributed by atoms with Crippen LogP contribution in [0.1, 0.15) is 29.5 Å². The van der Waals surface area contributed by atoms with E-state index in [-0.39, 0.29) is 17.9 Å². The van der Waals surface area contributed by atoms with Gasteiger partial charge in [-0.2, -0.15) is 14.5 Å². The zero-order valence-electron chi connectivity index (χ0n) is 14.7. The molecule has 3 aromatic rings. The lowest BCUT2D eigenvalue weighted by molar-refractivity contribution is 0.0764. The molecule has 1 N–H and O–H groups in total. The first-order valence-corrected chi connectivity index (χ1v) is 9.58. The Morgan fingerprint density at radius 2 is 2.37 bits per heavy atom. The zero-order valence-corrected chi connectivity index (χ0v) is 15.5. The van der Waals surface area contributed by atoms with Crippen molar-refractivity contribution in [1.82, 2.24) is 25.1 Å². The molecule has 3 aromatic heterocycles. The summed E-state index contributed by atoms with van der Waals surface area (Å²) >= 11 is 1.58. The molecule has 1 atom stereocenters. The second-order valence-electron chi connectivity index (χ2n) is 6.22. The molecule has 0 aliphatic carbocycles. The van der Waals surface area contributed by atoms with Gasteiger partial charge in [0.05, 0.1) is 22.8 Å². The number of carbonyl (C=O) groups is 1. The molecular weight excluding hydrogens is 369 g/mol. The lowest BCUT2D eigenvalue weighted by Gasteiger charge is -2.16. The normalized spacial score (nSPS) is 16.7. The van der Waals surface area contributed by atoms with E-state index in [0.29, 0.717) is 37.3 Å². The second kappa shape index (κ2) is 7.43. The van der Waals surface area contributed by atoms with Gasteiger partial charge in [0.2, 0.25) is 5.82 Å². The predicted octanol–water partition coefficient (Wildman–Crippen LogP) is 2.92. The molecule has 9 heteroatoms. The molecule has 1 fully saturated rings. The van der Waals surface area contributed by atoms with Crippen LogP contribution in [0.4, 0.5) is 4.39 Å². The van der Waals surface area contributed by atoms with Gasteiger partial charge in [-0.1, -0.05) is 13.0 Å². The number of carbonyl (C=O) groups excluding carboxylic acids is 1. The van der Waals surface area contributed by atoms with Crippen LogP contribution in [-0.4, -0.2) is 50.2 Å². The summed E-state index contributed by atoms with van der Waals surface area (Å²) in [5.41, 5.74) is 1.50. The van der Waals surface area contributed by atoms with Gasteiger partial charge in [-0.05, 0) is 23.9 Å². The average Bonchev–Trinajstić information content (AvgIpc) is 3.43. The number of likely N-dealkylation sites (tertiary alicyclic amines) is 1. The van der Waals surface area contributed by atoms with Crippen molar-refractivity contribution in [1.29, 1.82) is 0 Å². The van der Waals surface area contributed by atoms with E-state index in [1.165, 1.54) is 6.33 Å². The average molecular weight is 387 g/mol. The van der Waals surface area contributed by atoms with Crippen LogP contribution in [-0.2, 0) is 6.42 Å². The van der Waals surface area contributed by atoms with Crippen LogP contribution in [0, 0.1) is 5.82 Å². The smallest absolute Gasteiger partial charge is 0.274 e. The third-order valence-corrected chi connectivity index (χ3v) is 5.36. The van der Waals surface area contributed by atoms with E-state index in [2.05, 4.69) is 20.2 Å². The summed E-state index contributed by atoms with van der Waals surface area (Å²) in [5.74, 6) is -0.754. The van der Waals surface area contributed by atoms with E-state index in [1.807, 2.05) is 24.4 Å². The lowest BCUT2D eigenvalue weighted by atomic mass is 10.3. The quantitative estimate of drug-likeness (QED) is 0.728. The van der Waals surface area contributed by atoms with Gasteiger partial charge in [-0.3, -0.25) is 9.89 Å². The van der Waals surface area contributed by atoms with Crippen molar-refractivity contribution in [2.75, 3.05) is 13.1 Å². The van der Waals surface area contributed by atoms with Gasteiger partial charge in [0.1, 0.15) is 12.4 Å². The molecule has 140 valence electrons. The van der Waals surface area contributed by atoms with Crippen molar-refractivity contribution in [3.8, 4) is 16.5 Å². The molecule has 1 aliphatic rings. The fourth-order valence-electron chi connectivity index (χ4n) is 3.03. The van der Waals surface area contributed by atoms with E-state index in [0.717, 1.165) is 10.6 Å². The largest absolute Gasteiger partial charge is 0.470 e. The lowest BCUT2D eigenvalue weighted by Crippen LogP contribution is -2.31. The number of aryl methyl sites for hydroxylation is 1. The highest BCUT2D eigenvalue weighted by Gasteiger charge is 2.30. The molecule has 0 aromatic carbocycles. The monoisotopic (exact) mass is 387 g/mol. The Labute approximate surface area is 159 Å². The van der Waals surface area contributed by atoms with E-state index in [4.69, 9.17) is 4.74 Å². The number of amides is 1. The fraction of sp³-hybridized carbons (Fsp3) is 0.333. The SMILES string of the molecule is CCc1ncnc(OC2CCN(C(=O)c3cc(-c4cccs4)[nH]n3)C2)c1F. The van der Waals surface area contributed by atoms with Crippen LogP contribution in [0.5, 0.6) is 5.88 Å². The van der Waals surface area contributed by atoms with Gasteiger partial charge < -0.3 is 9.64 Å². The predicted molar refractivity (Wildman–Crippen MR) is 98.2 cm³/mol. The molecule has 4 heterocycles. The van der Waals surface area contributed by atoms with Crippen molar-refractivity contribution in [3.05, 3.63) is 47.1 Å². The minimum Gasteiger partial charge on any atom is -0.470 e. The van der Waals surface area contributed by atoms with Crippen LogP contribution in [0.15, 0.2) is 29.9 Å². The summed E-state index contributed by atoms with van der Waals surface area (Å²) < 4.78 is 19.9. The van der Waals surface area contributed by atoms with Crippen LogP contribution >= 0.6 is 11.3 Å². The van der Waals surface area contributed by atoms with E-state index in [9.17, 15) is 9.18 Å². The first kappa shape index (κ1) is 17.6. The standard InChI is InChI=1S/C18H18FN5O2S/c1-2-12-16(19)17(21-10-20-12)26-11-5-6-24(9-11)18(25)14-8-13(22-23-14)15-4-3-7-27-15/h3-4,7-8,10-11H,2,5-6,9H2,1H3,(H,22,23). The van der Waals surface area contributed by atoms with Crippen LogP contribution in [0.2, 0.25) is 0 Å². The number of thiophene rings is 1. The number of H-pyrrole nitrogens is 1. The van der Waals surface area contributed by atoms with Crippen molar-refractivity contribution >= 4 is 17.2 Å². The van der Waals surface area contributed by atoms with Gasteiger partial charge in [-0.25, -0.2) is 4.98 Å². The molecule has 0 bridgehead atoms. The van der Waals surface area contributed by atoms with Crippen molar-refractivity contribution in [2.45, 2.75) is 25.9 Å². The number of aromatic nitrogens is 4. The van der Waals surface area contributed by atoms with Gasteiger partial charge in [0.25, 0.3) is 11.8 Å². The number of nitrogens with zero attached hydrogens (tertiary/aromatic N) is 4. The van der Waals surface area contributed by atoms with Crippen molar-refractivity contribution in [2.24, 2.45) is 0 Å². The topological polar surface area (TPSA) is 84.0 Å². The number of nitrogens with one attached hydrogen (secondary N) is 1. The number of hydrogen-bond acceptors (Lipinski definition) is 6. The summed E-state index contributed by atoms with van der Waals surface area (Å²) in [4.78, 5) is 23.2. The summed E-state index contributed by atoms with van der Waals surface area (Å²) in [7, 11) is 0. The summed E-state index contributed by atoms with van der Waals surface area (Å²) in [5, 5.41) is 9.00. The first-order chi connectivity index (χ1) is 13.2. The molecule has 1 amide bonds. The molecule has 1 saturated heterocycles. The molecule has 7 nitrogen and oxygen atoms in total. The highest BCUT2D eigenvalue weighted by molar-refractivity contribution is 7.13. The van der Waals surface area contributed by atoms with Crippen molar-refractivity contribution < 1.29 is 13.9 Å². The Morgan fingerprint density at radius 3 is 3.15 bits per heavy atom. The highest BCUT2D eigenvalue weighted by atomic mass is 32.1. The zero-order chi connectivity index (χ0) is 18.8. The molecule has 0 spiro atoms. The number of halogens is 1. The Balaban J connectivity index is 1.41. The minimum absolute atomic E-state index is 0.0547. The van der Waals surface area contributed by atoms with E-state index >= 15 is 0 Å². The Kier molecular flexibility index (Phi) is 4.85. The molecule has 0 radical (unpaired) electrons. The first-order valence-electron chi connectivity index (χ1n) is 8.70. The van der Waals surface area contributed by atoms with Crippen LogP contribution in [0.3, 0.4) is 0 Å². The molecule has 1 aliphatic heterocycles. The molecular formula is C18H18FN5O2S. The third kappa shape index (κ3) is 3.55. The van der Waals surface area contributed by atoms with E-state index in [1.54, 1.807) is 22.3 Å². The molecule has 1 unspecified atom stereocenters. The summed E-state index contributed by atoms with van der Waals surface area (Å²) in [6, 6.07) is 5.66. The Bertz CT molecular complexity index is 943. The third-order valence-electron chi connectivity index (χ3n) is 4.46. The molecule has 4 rings (SSSR count). The summed E-state index contributed by atoms with van der Waals surface area (Å²) in [6.45, 7) is 2.71. The van der Waals surface area contributed by atoms with Gasteiger partial charge in [0.15, 0.2) is 5.69 Å². The molecule has 0 saturated carbocycles. The van der Waals surface area contributed by atoms with Crippen LogP contribution < -0.4 is 4.74 Å². The number of ether oxygens (including phenoxy) is 1. The number of aromatic amines is 1. The van der Waals surface area contributed by atoms with E-state index < -0.39 is 5.82 Å². The van der Waals surface area contributed by atoms with Gasteiger partial charge >= 0.3 is 0 Å². The van der Waals surface area contributed by atoms with Crippen molar-refractivity contribution in [3.63, 3.8) is 0 Å². The maximum absolute atomic E-state index is 14.2. The van der Waals surface area contributed by atoms with Gasteiger partial charge in [0, 0.05) is 13.0 Å². The number of rotatable bonds is 5. The Hall–Kier alpha value is -2.81. The molecule has 27 heavy (non-hydrogen) atoms. The summed E-state index contributed by atoms with van der Waals surface area (Å²) in [6.07, 6.45) is 2.06. The minimum atomic E-state index is -0.530. The second-order valence-corrected chi connectivity index (χ2v) is 7.16.